The number of aromatic nitrogens is 5. The van der Waals surface area contributed by atoms with Gasteiger partial charge in [-0.1, -0.05) is 12.1 Å². The fourth-order valence-corrected chi connectivity index (χ4v) is 4.80. The Morgan fingerprint density at radius 2 is 1.45 bits per heavy atom. The number of nitrogens with zero attached hydrogens (tertiary/aromatic N) is 5. The van der Waals surface area contributed by atoms with Crippen LogP contribution in [0.1, 0.15) is 64.9 Å². The lowest BCUT2D eigenvalue weighted by Gasteiger charge is -2.20. The van der Waals surface area contributed by atoms with Gasteiger partial charge in [-0.3, -0.25) is 9.59 Å². The summed E-state index contributed by atoms with van der Waals surface area (Å²) in [4.78, 5) is 62.5. The van der Waals surface area contributed by atoms with Crippen molar-refractivity contribution < 1.29 is 64.8 Å². The summed E-state index contributed by atoms with van der Waals surface area (Å²) in [7, 11) is 1.12. The molecular weight excluding hydrogens is 750 g/mol. The maximum atomic E-state index is 12.9. The average molecular weight is 777 g/mol. The number of carboxylic acids is 1. The molecule has 0 aromatic carbocycles. The van der Waals surface area contributed by atoms with Gasteiger partial charge in [-0.05, 0) is 36.4 Å². The van der Waals surface area contributed by atoms with Gasteiger partial charge in [0, 0.05) is 12.4 Å². The highest BCUT2D eigenvalue weighted by atomic mass is 19.4. The topological polar surface area (TPSA) is 222 Å². The second-order valence-electron chi connectivity index (χ2n) is 11.1. The number of halogens is 6. The molecule has 288 valence electrons. The number of nitrogen functional groups attached to an aromatic ring is 1. The predicted molar refractivity (Wildman–Crippen MR) is 176 cm³/mol. The van der Waals surface area contributed by atoms with E-state index in [2.05, 4.69) is 35.3 Å². The number of carbonyl (C=O) groups is 4. The second kappa shape index (κ2) is 16.1. The van der Waals surface area contributed by atoms with Gasteiger partial charge in [0.1, 0.15) is 40.3 Å². The van der Waals surface area contributed by atoms with Gasteiger partial charge in [-0.15, -0.1) is 0 Å². The number of nitrogens with two attached hydrogens (primary N) is 1. The first kappa shape index (κ1) is 39.5. The predicted octanol–water partition coefficient (Wildman–Crippen LogP) is 4.90. The molecule has 1 saturated heterocycles. The van der Waals surface area contributed by atoms with Crippen molar-refractivity contribution in [3.8, 4) is 0 Å². The van der Waals surface area contributed by atoms with Crippen LogP contribution in [0.4, 0.5) is 43.5 Å². The normalized spacial score (nSPS) is 14.3. The fourth-order valence-electron chi connectivity index (χ4n) is 4.80. The summed E-state index contributed by atoms with van der Waals surface area (Å²) >= 11 is 0. The first-order chi connectivity index (χ1) is 25.9. The highest BCUT2D eigenvalue weighted by molar-refractivity contribution is 6.08. The summed E-state index contributed by atoms with van der Waals surface area (Å²) in [6.07, 6.45) is -5.83. The Balaban J connectivity index is 0.000000219. The summed E-state index contributed by atoms with van der Waals surface area (Å²) in [6, 6.07) is 8.17. The summed E-state index contributed by atoms with van der Waals surface area (Å²) in [5.74, 6) is -4.08. The number of hydrogen-bond donors (Lipinski definition) is 4. The van der Waals surface area contributed by atoms with Crippen LogP contribution in [0.5, 0.6) is 0 Å². The molecule has 22 heteroatoms. The first-order valence-corrected chi connectivity index (χ1v) is 15.4. The van der Waals surface area contributed by atoms with Gasteiger partial charge < -0.3 is 40.1 Å². The van der Waals surface area contributed by atoms with Crippen LogP contribution in [0.3, 0.4) is 0 Å². The van der Waals surface area contributed by atoms with E-state index in [0.717, 1.165) is 49.7 Å². The quantitative estimate of drug-likeness (QED) is 0.128. The zero-order valence-corrected chi connectivity index (χ0v) is 27.9. The van der Waals surface area contributed by atoms with Crippen molar-refractivity contribution in [2.24, 2.45) is 0 Å². The summed E-state index contributed by atoms with van der Waals surface area (Å²) in [5.41, 5.74) is 2.26. The molecule has 5 aromatic heterocycles. The third-order valence-electron chi connectivity index (χ3n) is 7.36. The van der Waals surface area contributed by atoms with Gasteiger partial charge in [-0.25, -0.2) is 29.5 Å². The number of ether oxygens (including phenoxy) is 3. The van der Waals surface area contributed by atoms with E-state index in [0.29, 0.717) is 25.5 Å². The van der Waals surface area contributed by atoms with Crippen molar-refractivity contribution in [3.63, 3.8) is 0 Å². The van der Waals surface area contributed by atoms with Crippen LogP contribution in [0.25, 0.3) is 5.65 Å². The number of anilines is 3. The molecule has 5 N–H and O–H groups in total. The smallest absolute Gasteiger partial charge is 0.433 e. The number of alkyl halides is 6. The standard InChI is InChI=1S/C19H15F3N4O5.C14H11F3N4O3/c20-19(21,22)15-3-1-2-11(23-15)17(27)25-12-7-26-8-13(14-9-30-4-5-31-14)24-16(26)6-10(12)18(28)29;1-24-13(23)7-5-11(18)19-6-9(7)21-12(22)8-3-2-4-10(20-8)14(15,16)17/h1-3,6-8,14H,4-5,9H2,(H,25,27)(H,28,29);2-6H,1H3,(H2,18,19)(H,21,22). The van der Waals surface area contributed by atoms with Gasteiger partial charge in [-0.2, -0.15) is 26.3 Å². The number of esters is 1. The van der Waals surface area contributed by atoms with E-state index in [-0.39, 0.29) is 34.0 Å². The Morgan fingerprint density at radius 3 is 1.98 bits per heavy atom. The van der Waals surface area contributed by atoms with Crippen molar-refractivity contribution in [1.29, 1.82) is 0 Å². The summed E-state index contributed by atoms with van der Waals surface area (Å²) in [6.45, 7) is 1.15. The third kappa shape index (κ3) is 9.66. The number of carbonyl (C=O) groups excluding carboxylic acids is 3. The van der Waals surface area contributed by atoms with Crippen molar-refractivity contribution >= 4 is 46.6 Å². The lowest BCUT2D eigenvalue weighted by molar-refractivity contribution is -0.142. The van der Waals surface area contributed by atoms with Gasteiger partial charge in [0.05, 0.1) is 61.3 Å². The monoisotopic (exact) mass is 776 g/mol. The number of carboxylic acid groups (broad SMARTS) is 1. The number of hydrogen-bond acceptors (Lipinski definition) is 12. The number of amides is 2. The zero-order chi connectivity index (χ0) is 40.1. The molecule has 1 aliphatic heterocycles. The largest absolute Gasteiger partial charge is 0.478 e. The molecule has 6 heterocycles. The van der Waals surface area contributed by atoms with Crippen molar-refractivity contribution in [1.82, 2.24) is 24.3 Å². The van der Waals surface area contributed by atoms with Crippen molar-refractivity contribution in [2.75, 3.05) is 43.3 Å². The highest BCUT2D eigenvalue weighted by Crippen LogP contribution is 2.29. The first-order valence-electron chi connectivity index (χ1n) is 15.4. The average Bonchev–Trinajstić information content (AvgIpc) is 3.58. The Morgan fingerprint density at radius 1 is 0.855 bits per heavy atom. The molecule has 1 atom stereocenters. The Hall–Kier alpha value is -6.68. The maximum Gasteiger partial charge on any atom is 0.433 e. The molecule has 16 nitrogen and oxygen atoms in total. The van der Waals surface area contributed by atoms with Crippen LogP contribution < -0.4 is 16.4 Å². The molecule has 0 aliphatic carbocycles. The van der Waals surface area contributed by atoms with E-state index in [1.807, 2.05) is 0 Å². The maximum absolute atomic E-state index is 12.9. The van der Waals surface area contributed by atoms with E-state index >= 15 is 0 Å². The minimum absolute atomic E-state index is 0.00518. The number of aromatic carboxylic acids is 1. The van der Waals surface area contributed by atoms with Gasteiger partial charge in [0.25, 0.3) is 11.8 Å². The lowest BCUT2D eigenvalue weighted by Crippen LogP contribution is -2.22. The van der Waals surface area contributed by atoms with E-state index in [9.17, 15) is 50.6 Å². The minimum Gasteiger partial charge on any atom is -0.478 e. The van der Waals surface area contributed by atoms with Gasteiger partial charge in [0.15, 0.2) is 0 Å². The molecule has 1 fully saturated rings. The molecule has 0 bridgehead atoms. The molecule has 1 unspecified atom stereocenters. The van der Waals surface area contributed by atoms with E-state index in [4.69, 9.17) is 15.2 Å². The van der Waals surface area contributed by atoms with Crippen LogP contribution in [-0.4, -0.2) is 80.1 Å². The molecular formula is C33H26F6N8O8. The molecule has 0 radical (unpaired) electrons. The molecule has 55 heavy (non-hydrogen) atoms. The van der Waals surface area contributed by atoms with Crippen LogP contribution in [0.15, 0.2) is 67.1 Å². The van der Waals surface area contributed by atoms with E-state index < -0.39 is 65.0 Å². The number of methoxy groups -OCH3 is 1. The Bertz CT molecular complexity index is 2260. The number of rotatable bonds is 7. The van der Waals surface area contributed by atoms with E-state index in [1.54, 1.807) is 6.20 Å². The Kier molecular flexibility index (Phi) is 11.6. The molecule has 5 aromatic rings. The minimum atomic E-state index is -4.72. The van der Waals surface area contributed by atoms with Crippen molar-refractivity contribution in [3.05, 3.63) is 107 Å². The van der Waals surface area contributed by atoms with Crippen LogP contribution in [0, 0.1) is 0 Å². The number of pyridine rings is 4. The molecule has 1 aliphatic rings. The highest BCUT2D eigenvalue weighted by Gasteiger charge is 2.34. The van der Waals surface area contributed by atoms with Crippen LogP contribution in [-0.2, 0) is 26.6 Å². The lowest BCUT2D eigenvalue weighted by atomic mass is 10.2. The van der Waals surface area contributed by atoms with Crippen LogP contribution >= 0.6 is 0 Å². The van der Waals surface area contributed by atoms with E-state index in [1.165, 1.54) is 22.7 Å². The fraction of sp³-hybridized carbons (Fsp3) is 0.212. The number of imidazole rings is 1. The van der Waals surface area contributed by atoms with Gasteiger partial charge >= 0.3 is 24.3 Å². The van der Waals surface area contributed by atoms with Crippen LogP contribution in [0.2, 0.25) is 0 Å². The SMILES string of the molecule is COC(=O)c1cc(N)ncc1NC(=O)c1cccc(C(F)(F)F)n1.O=C(Nc1cn2cc(C3COCCO3)nc2cc1C(=O)O)c1cccc(C(F)(F)F)n1. The molecule has 0 saturated carbocycles. The second-order valence-corrected chi connectivity index (χ2v) is 11.1. The Labute approximate surface area is 304 Å². The molecule has 2 amide bonds. The summed E-state index contributed by atoms with van der Waals surface area (Å²) < 4.78 is 93.4. The van der Waals surface area contributed by atoms with Crippen molar-refractivity contribution in [2.45, 2.75) is 18.5 Å². The number of fused-ring (bicyclic) bond motifs is 1. The zero-order valence-electron chi connectivity index (χ0n) is 27.9. The number of nitrogens with one attached hydrogen (secondary N) is 2. The molecule has 0 spiro atoms. The van der Waals surface area contributed by atoms with Gasteiger partial charge in [0.2, 0.25) is 0 Å². The summed E-state index contributed by atoms with van der Waals surface area (Å²) in [5, 5.41) is 14.1. The third-order valence-corrected chi connectivity index (χ3v) is 7.36. The molecule has 6 rings (SSSR count).